The lowest BCUT2D eigenvalue weighted by molar-refractivity contribution is -0.123. The Morgan fingerprint density at radius 1 is 1.06 bits per heavy atom. The minimum atomic E-state index is -3.92. The van der Waals surface area contributed by atoms with Crippen LogP contribution in [0.4, 0.5) is 11.4 Å². The van der Waals surface area contributed by atoms with Gasteiger partial charge in [0.25, 0.3) is 15.9 Å². The molecule has 0 spiro atoms. The van der Waals surface area contributed by atoms with Crippen molar-refractivity contribution in [1.82, 2.24) is 0 Å². The van der Waals surface area contributed by atoms with E-state index in [0.29, 0.717) is 22.8 Å². The maximum Gasteiger partial charge on any atom is 0.338 e. The summed E-state index contributed by atoms with van der Waals surface area (Å²) in [5.41, 5.74) is 2.00. The zero-order valence-corrected chi connectivity index (χ0v) is 20.1. The van der Waals surface area contributed by atoms with Crippen LogP contribution in [0, 0.1) is 0 Å². The summed E-state index contributed by atoms with van der Waals surface area (Å²) in [4.78, 5) is 25.1. The Morgan fingerprint density at radius 2 is 1.76 bits per heavy atom. The number of fused-ring (bicyclic) bond motifs is 1. The number of rotatable bonds is 6. The van der Waals surface area contributed by atoms with E-state index in [0.717, 1.165) is 5.56 Å². The number of benzene rings is 3. The Morgan fingerprint density at radius 3 is 2.53 bits per heavy atom. The number of nitrogens with zero attached hydrogens (tertiary/aromatic N) is 1. The first kappa shape index (κ1) is 23.8. The van der Waals surface area contributed by atoms with Gasteiger partial charge in [-0.2, -0.15) is 0 Å². The van der Waals surface area contributed by atoms with Crippen molar-refractivity contribution in [3.05, 3.63) is 88.9 Å². The van der Waals surface area contributed by atoms with Crippen LogP contribution in [0.1, 0.15) is 29.8 Å². The monoisotopic (exact) mass is 498 g/mol. The van der Waals surface area contributed by atoms with Crippen molar-refractivity contribution in [3.8, 4) is 0 Å². The highest BCUT2D eigenvalue weighted by Gasteiger charge is 2.36. The fourth-order valence-electron chi connectivity index (χ4n) is 3.88. The van der Waals surface area contributed by atoms with Crippen LogP contribution in [0.25, 0.3) is 0 Å². The van der Waals surface area contributed by atoms with Crippen molar-refractivity contribution in [2.24, 2.45) is 0 Å². The molecule has 0 aliphatic carbocycles. The molecule has 0 fully saturated rings. The van der Waals surface area contributed by atoms with Crippen molar-refractivity contribution in [2.75, 3.05) is 9.62 Å². The minimum Gasteiger partial charge on any atom is -0.449 e. The number of halogens is 1. The topological polar surface area (TPSA) is 92.8 Å². The number of hydrogen-bond donors (Lipinski definition) is 1. The Labute approximate surface area is 203 Å². The molecule has 4 rings (SSSR count). The van der Waals surface area contributed by atoms with Crippen LogP contribution in [0.5, 0.6) is 0 Å². The van der Waals surface area contributed by atoms with Crippen LogP contribution in [-0.2, 0) is 26.0 Å². The van der Waals surface area contributed by atoms with E-state index in [2.05, 4.69) is 5.32 Å². The molecule has 1 aliphatic heterocycles. The second-order valence-corrected chi connectivity index (χ2v) is 10.2. The number of sulfonamides is 1. The first-order valence-corrected chi connectivity index (χ1v) is 12.5. The zero-order valence-electron chi connectivity index (χ0n) is 18.6. The Hall–Kier alpha value is -3.36. The number of ether oxygens (including phenoxy) is 1. The lowest BCUT2D eigenvalue weighted by Crippen LogP contribution is -2.35. The molecule has 0 aromatic heterocycles. The lowest BCUT2D eigenvalue weighted by atomic mass is 10.1. The average Bonchev–Trinajstić information content (AvgIpc) is 3.17. The molecule has 0 radical (unpaired) electrons. The van der Waals surface area contributed by atoms with E-state index >= 15 is 0 Å². The fourth-order valence-corrected chi connectivity index (χ4v) is 5.80. The molecule has 1 heterocycles. The van der Waals surface area contributed by atoms with Crippen molar-refractivity contribution < 1.29 is 22.7 Å². The Bertz CT molecular complexity index is 1360. The van der Waals surface area contributed by atoms with E-state index < -0.39 is 28.0 Å². The highest BCUT2D eigenvalue weighted by molar-refractivity contribution is 7.92. The molecule has 3 aromatic carbocycles. The number of hydrogen-bond acceptors (Lipinski definition) is 5. The number of para-hydroxylation sites is 2. The predicted octanol–water partition coefficient (Wildman–Crippen LogP) is 4.66. The third kappa shape index (κ3) is 4.64. The Kier molecular flexibility index (Phi) is 6.63. The van der Waals surface area contributed by atoms with E-state index in [9.17, 15) is 18.0 Å². The quantitative estimate of drug-likeness (QED) is 0.499. The zero-order chi connectivity index (χ0) is 24.5. The molecule has 1 N–H and O–H groups in total. The van der Waals surface area contributed by atoms with Gasteiger partial charge in [-0.3, -0.25) is 9.10 Å². The first-order valence-electron chi connectivity index (χ1n) is 10.7. The summed E-state index contributed by atoms with van der Waals surface area (Å²) in [5.74, 6) is -1.37. The normalized spacial score (nSPS) is 16.0. The summed E-state index contributed by atoms with van der Waals surface area (Å²) >= 11 is 6.05. The molecular weight excluding hydrogens is 476 g/mol. The summed E-state index contributed by atoms with van der Waals surface area (Å²) in [5, 5.41) is 2.95. The second kappa shape index (κ2) is 9.48. The van der Waals surface area contributed by atoms with E-state index in [-0.39, 0.29) is 16.5 Å². The number of amides is 1. The number of anilines is 2. The van der Waals surface area contributed by atoms with Gasteiger partial charge >= 0.3 is 5.97 Å². The van der Waals surface area contributed by atoms with E-state index in [1.54, 1.807) is 36.4 Å². The average molecular weight is 499 g/mol. The van der Waals surface area contributed by atoms with Gasteiger partial charge in [-0.05, 0) is 62.2 Å². The molecule has 1 aliphatic rings. The van der Waals surface area contributed by atoms with Crippen molar-refractivity contribution in [2.45, 2.75) is 37.3 Å². The number of carbonyl (C=O) groups is 2. The van der Waals surface area contributed by atoms with Crippen molar-refractivity contribution >= 4 is 44.9 Å². The molecule has 0 saturated heterocycles. The van der Waals surface area contributed by atoms with Crippen LogP contribution in [0.15, 0.2) is 77.7 Å². The van der Waals surface area contributed by atoms with Gasteiger partial charge in [0.05, 0.1) is 26.9 Å². The number of nitrogens with one attached hydrogen (secondary N) is 1. The van der Waals surface area contributed by atoms with Crippen molar-refractivity contribution in [1.29, 1.82) is 0 Å². The minimum absolute atomic E-state index is 0.0265. The Balaban J connectivity index is 1.51. The van der Waals surface area contributed by atoms with Crippen LogP contribution >= 0.6 is 11.6 Å². The summed E-state index contributed by atoms with van der Waals surface area (Å²) in [6, 6.07) is 19.4. The molecule has 34 heavy (non-hydrogen) atoms. The van der Waals surface area contributed by atoms with Crippen LogP contribution in [0.2, 0.25) is 5.02 Å². The molecule has 1 amide bonds. The predicted molar refractivity (Wildman–Crippen MR) is 131 cm³/mol. The van der Waals surface area contributed by atoms with E-state index in [4.69, 9.17) is 16.3 Å². The van der Waals surface area contributed by atoms with Gasteiger partial charge in [-0.25, -0.2) is 13.2 Å². The van der Waals surface area contributed by atoms with Gasteiger partial charge in [0.15, 0.2) is 6.10 Å². The molecule has 3 aromatic rings. The molecule has 7 nitrogen and oxygen atoms in total. The van der Waals surface area contributed by atoms with Crippen molar-refractivity contribution in [3.63, 3.8) is 0 Å². The SMILES string of the molecule is CC(OC(=O)c1cccc(S(=O)(=O)N2c3ccccc3CC2C)c1)C(=O)Nc1ccccc1Cl. The largest absolute Gasteiger partial charge is 0.449 e. The fraction of sp³-hybridized carbons (Fsp3) is 0.200. The second-order valence-electron chi connectivity index (χ2n) is 8.03. The van der Waals surface area contributed by atoms with E-state index in [1.165, 1.54) is 35.5 Å². The van der Waals surface area contributed by atoms with Gasteiger partial charge in [0, 0.05) is 6.04 Å². The van der Waals surface area contributed by atoms with Gasteiger partial charge in [-0.1, -0.05) is 48.0 Å². The van der Waals surface area contributed by atoms with Gasteiger partial charge < -0.3 is 10.1 Å². The maximum atomic E-state index is 13.4. The number of esters is 1. The standard InChI is InChI=1S/C25H23ClN2O5S/c1-16-14-18-8-3-6-13-23(18)28(16)34(31,32)20-10-7-9-19(15-20)25(30)33-17(2)24(29)27-22-12-5-4-11-21(22)26/h3-13,15-17H,14H2,1-2H3,(H,27,29). The summed E-state index contributed by atoms with van der Waals surface area (Å²) in [6.45, 7) is 3.27. The summed E-state index contributed by atoms with van der Waals surface area (Å²) in [6.07, 6.45) is -0.524. The molecule has 2 unspecified atom stereocenters. The van der Waals surface area contributed by atoms with Crippen LogP contribution in [0.3, 0.4) is 0 Å². The van der Waals surface area contributed by atoms with Gasteiger partial charge in [0.2, 0.25) is 0 Å². The smallest absolute Gasteiger partial charge is 0.338 e. The molecule has 2 atom stereocenters. The van der Waals surface area contributed by atoms with Crippen LogP contribution < -0.4 is 9.62 Å². The molecule has 0 bridgehead atoms. The van der Waals surface area contributed by atoms with Gasteiger partial charge in [-0.15, -0.1) is 0 Å². The molecular formula is C25H23ClN2O5S. The highest BCUT2D eigenvalue weighted by atomic mass is 35.5. The molecule has 9 heteroatoms. The molecule has 176 valence electrons. The third-order valence-corrected chi connectivity index (χ3v) is 7.81. The highest BCUT2D eigenvalue weighted by Crippen LogP contribution is 2.36. The summed E-state index contributed by atoms with van der Waals surface area (Å²) < 4.78 is 33.6. The van der Waals surface area contributed by atoms with E-state index in [1.807, 2.05) is 19.1 Å². The van der Waals surface area contributed by atoms with Crippen LogP contribution in [-0.4, -0.2) is 32.4 Å². The first-order chi connectivity index (χ1) is 16.2. The number of carbonyl (C=O) groups excluding carboxylic acids is 2. The third-order valence-electron chi connectivity index (χ3n) is 5.56. The summed E-state index contributed by atoms with van der Waals surface area (Å²) in [7, 11) is -3.92. The molecule has 0 saturated carbocycles. The lowest BCUT2D eigenvalue weighted by Gasteiger charge is -2.24. The maximum absolute atomic E-state index is 13.4. The van der Waals surface area contributed by atoms with Gasteiger partial charge in [0.1, 0.15) is 0 Å².